The molecule has 2 amide bonds. The number of anilines is 2. The lowest BCUT2D eigenvalue weighted by Gasteiger charge is -2.53. The van der Waals surface area contributed by atoms with Crippen LogP contribution in [-0.2, 0) is 44.9 Å². The molecule has 90 heavy (non-hydrogen) atoms. The Morgan fingerprint density at radius 1 is 0.689 bits per heavy atom. The minimum Gasteiger partial charge on any atom is -0.490 e. The predicted octanol–water partition coefficient (Wildman–Crippen LogP) is 12.3. The highest BCUT2D eigenvalue weighted by molar-refractivity contribution is 7.91. The Labute approximate surface area is 542 Å². The summed E-state index contributed by atoms with van der Waals surface area (Å²) in [5, 5.41) is 35.4. The third-order valence-electron chi connectivity index (χ3n) is 21.8. The summed E-state index contributed by atoms with van der Waals surface area (Å²) in [6, 6.07) is 20.6. The van der Waals surface area contributed by atoms with Gasteiger partial charge in [0.1, 0.15) is 18.1 Å². The lowest BCUT2D eigenvalue weighted by atomic mass is 9.57. The number of hydrogen-bond donors (Lipinski definition) is 5. The van der Waals surface area contributed by atoms with E-state index in [-0.39, 0.29) is 60.4 Å². The molecule has 2 fully saturated rings. The molecule has 2 saturated carbocycles. The van der Waals surface area contributed by atoms with Crippen LogP contribution in [0.15, 0.2) is 97.1 Å². The van der Waals surface area contributed by atoms with Gasteiger partial charge in [0.15, 0.2) is 0 Å². The van der Waals surface area contributed by atoms with Crippen molar-refractivity contribution in [3.8, 4) is 11.5 Å². The molecule has 4 heterocycles. The van der Waals surface area contributed by atoms with E-state index in [0.29, 0.717) is 103 Å². The van der Waals surface area contributed by atoms with Gasteiger partial charge in [-0.1, -0.05) is 92.6 Å². The second kappa shape index (κ2) is 26.9. The molecule has 0 radical (unpaired) electrons. The molecule has 1 spiro atoms. The summed E-state index contributed by atoms with van der Waals surface area (Å²) >= 11 is 13.1. The zero-order valence-corrected chi connectivity index (χ0v) is 55.8. The van der Waals surface area contributed by atoms with Crippen LogP contribution in [0.1, 0.15) is 167 Å². The second-order valence-electron chi connectivity index (χ2n) is 27.6. The number of hydrogen-bond acceptors (Lipinski definition) is 13. The van der Waals surface area contributed by atoms with Crippen LogP contribution in [0.4, 0.5) is 11.4 Å². The molecule has 19 heteroatoms. The Kier molecular flexibility index (Phi) is 19.8. The number of carbonyl (C=O) groups is 2. The SMILES string of the molecule is C[C@@H]1C[C@@H]2[C@@H]1CN1C[C@@]3(CCCc4cc(Cl)ccc43)COc3cc(/C=C\CC[C@@]4(O)/C=C/C[C@H](C)[C@@H](C)S(=O)(=O)NC(=O)c5ccc6c(c5)N(CCCCc5cc(Cl)ccc5CO6)C[C@@H]5CC[C@H]54)c(cc31)C(=O)NS(=O)(=O)[C@H](C)[C@@H](C)C/C=C/[C@@]2(O)CCCO. The number of nitrogens with zero attached hydrogens (tertiary/aromatic N) is 2. The lowest BCUT2D eigenvalue weighted by Crippen LogP contribution is -2.55. The average Bonchev–Trinajstić information content (AvgIpc) is 1.35. The smallest absolute Gasteiger partial charge is 0.265 e. The van der Waals surface area contributed by atoms with Crippen LogP contribution in [0, 0.1) is 41.4 Å². The topological polar surface area (TPSA) is 212 Å². The molecule has 4 aromatic carbocycles. The largest absolute Gasteiger partial charge is 0.490 e. The average molecular weight is 1310 g/mol. The fourth-order valence-electron chi connectivity index (χ4n) is 15.6. The van der Waals surface area contributed by atoms with Gasteiger partial charge in [0, 0.05) is 59.4 Å². The summed E-state index contributed by atoms with van der Waals surface area (Å²) in [5.74, 6) is -1.37. The number of amides is 2. The highest BCUT2D eigenvalue weighted by Gasteiger charge is 2.52. The van der Waals surface area contributed by atoms with E-state index in [1.165, 1.54) is 5.56 Å². The molecule has 0 aromatic heterocycles. The van der Waals surface area contributed by atoms with Crippen molar-refractivity contribution in [2.75, 3.05) is 49.2 Å². The molecule has 15 nitrogen and oxygen atoms in total. The number of rotatable bonds is 7. The van der Waals surface area contributed by atoms with Crippen molar-refractivity contribution in [2.24, 2.45) is 41.4 Å². The first kappa shape index (κ1) is 66.1. The van der Waals surface area contributed by atoms with Crippen LogP contribution < -0.4 is 28.7 Å². The summed E-state index contributed by atoms with van der Waals surface area (Å²) in [6.45, 7) is 11.8. The highest BCUT2D eigenvalue weighted by Crippen LogP contribution is 2.53. The molecular formula is C71H90Cl2N4O11S2. The Balaban J connectivity index is 0.951. The predicted molar refractivity (Wildman–Crippen MR) is 357 cm³/mol. The first-order valence-corrected chi connectivity index (χ1v) is 36.6. The zero-order valence-electron chi connectivity index (χ0n) is 52.6. The summed E-state index contributed by atoms with van der Waals surface area (Å²) in [7, 11) is -8.41. The van der Waals surface area contributed by atoms with Gasteiger partial charge in [0.2, 0.25) is 20.0 Å². The van der Waals surface area contributed by atoms with E-state index in [9.17, 15) is 36.9 Å². The number of halogens is 2. The molecule has 486 valence electrons. The maximum Gasteiger partial charge on any atom is 0.265 e. The van der Waals surface area contributed by atoms with Gasteiger partial charge in [-0.25, -0.2) is 26.3 Å². The highest BCUT2D eigenvalue weighted by atomic mass is 35.5. The van der Waals surface area contributed by atoms with Crippen molar-refractivity contribution < 1.29 is 51.2 Å². The summed E-state index contributed by atoms with van der Waals surface area (Å²) in [5.41, 5.74) is 3.44. The van der Waals surface area contributed by atoms with Crippen molar-refractivity contribution in [3.63, 3.8) is 0 Å². The van der Waals surface area contributed by atoms with E-state index < -0.39 is 70.8 Å². The Morgan fingerprint density at radius 3 is 2.07 bits per heavy atom. The minimum atomic E-state index is -4.26. The summed E-state index contributed by atoms with van der Waals surface area (Å²) < 4.78 is 75.2. The number of sulfonamides is 2. The van der Waals surface area contributed by atoms with Crippen LogP contribution in [-0.4, -0.2) is 105 Å². The van der Waals surface area contributed by atoms with E-state index in [1.54, 1.807) is 38.1 Å². The maximum absolute atomic E-state index is 15.0. The quantitative estimate of drug-likeness (QED) is 0.109. The van der Waals surface area contributed by atoms with E-state index in [4.69, 9.17) is 32.7 Å². The van der Waals surface area contributed by atoms with Crippen LogP contribution in [0.25, 0.3) is 6.08 Å². The molecule has 7 aliphatic rings. The van der Waals surface area contributed by atoms with E-state index in [2.05, 4.69) is 32.2 Å². The maximum atomic E-state index is 15.0. The first-order valence-electron chi connectivity index (χ1n) is 32.7. The normalized spacial score (nSPS) is 32.7. The Bertz CT molecular complexity index is 3670. The van der Waals surface area contributed by atoms with Crippen molar-refractivity contribution in [1.82, 2.24) is 9.44 Å². The van der Waals surface area contributed by atoms with Crippen LogP contribution >= 0.6 is 23.2 Å². The fourth-order valence-corrected chi connectivity index (χ4v) is 18.6. The number of aryl methyl sites for hydroxylation is 2. The number of nitrogens with one attached hydrogen (secondary N) is 2. The van der Waals surface area contributed by atoms with Gasteiger partial charge in [0.05, 0.1) is 39.7 Å². The summed E-state index contributed by atoms with van der Waals surface area (Å²) in [4.78, 5) is 33.5. The van der Waals surface area contributed by atoms with Crippen molar-refractivity contribution in [2.45, 2.75) is 165 Å². The van der Waals surface area contributed by atoms with E-state index in [1.807, 2.05) is 86.7 Å². The standard InChI is InChI=1S/C71H90Cl2N4O11S2/c1-45-14-10-29-70(81,61-24-20-54(61)40-76-32-9-7-16-50-35-56(72)22-19-55(50)42-87-65-26-21-53(37-63(65)76)67(79)74-89(83,84)48(45)4)28-8-6-17-51-38-66-64-39-58(51)68(80)75-90(85,86)49(5)46(2)15-11-30-71(82,31-13-33-78)62-34-47(3)59(62)41-77(64)43-69(44-88-66)27-12-18-52-36-57(73)23-25-60(52)69/h6,10-11,17,19,21-23,25-26,29-30,35-39,45-49,54,59,61-62,78,81-82H,7-9,12-16,18,20,24,27-28,31-34,40-44H2,1-5H3,(H,74,79)(H,75,80)/b17-6-,29-10+,30-11+/t45-,46-,47+,48+,49+,54-,59+,61+,62+,69-,70+,71+/m0/s1. The van der Waals surface area contributed by atoms with Gasteiger partial charge in [-0.3, -0.25) is 9.59 Å². The number of ether oxygens (including phenoxy) is 2. The minimum absolute atomic E-state index is 0.0107. The molecular weight excluding hydrogens is 1220 g/mol. The number of aliphatic hydroxyl groups excluding tert-OH is 1. The van der Waals surface area contributed by atoms with Crippen molar-refractivity contribution >= 4 is 72.5 Å². The number of allylic oxidation sites excluding steroid dienone is 3. The lowest BCUT2D eigenvalue weighted by molar-refractivity contribution is -0.0817. The molecule has 0 unspecified atom stereocenters. The number of aliphatic hydroxyl groups is 3. The molecule has 4 aromatic rings. The van der Waals surface area contributed by atoms with Gasteiger partial charge in [-0.2, -0.15) is 0 Å². The van der Waals surface area contributed by atoms with Gasteiger partial charge in [-0.05, 0) is 234 Å². The van der Waals surface area contributed by atoms with Crippen molar-refractivity contribution in [3.05, 3.63) is 146 Å². The zero-order chi connectivity index (χ0) is 63.9. The van der Waals surface area contributed by atoms with E-state index in [0.717, 1.165) is 74.5 Å². The molecule has 3 aliphatic carbocycles. The molecule has 12 atom stereocenters. The second-order valence-corrected chi connectivity index (χ2v) is 32.5. The van der Waals surface area contributed by atoms with Gasteiger partial charge >= 0.3 is 0 Å². The Hall–Kier alpha value is -5.40. The Morgan fingerprint density at radius 2 is 1.37 bits per heavy atom. The number of fused-ring (bicyclic) bond motifs is 7. The first-order chi connectivity index (χ1) is 42.9. The molecule has 11 rings (SSSR count). The van der Waals surface area contributed by atoms with Gasteiger partial charge in [0.25, 0.3) is 11.8 Å². The third-order valence-corrected chi connectivity index (χ3v) is 26.1. The van der Waals surface area contributed by atoms with Gasteiger partial charge < -0.3 is 34.6 Å². The summed E-state index contributed by atoms with van der Waals surface area (Å²) in [6.07, 6.45) is 20.6. The molecule has 4 bridgehead atoms. The number of carbonyl (C=O) groups excluding carboxylic acids is 2. The van der Waals surface area contributed by atoms with Crippen LogP contribution in [0.5, 0.6) is 11.5 Å². The fraction of sp³-hybridized carbons (Fsp3) is 0.549. The molecule has 0 saturated heterocycles. The number of benzene rings is 4. The monoisotopic (exact) mass is 1310 g/mol. The molecule has 5 N–H and O–H groups in total. The van der Waals surface area contributed by atoms with Crippen molar-refractivity contribution in [1.29, 1.82) is 0 Å². The molecule has 4 aliphatic heterocycles. The van der Waals surface area contributed by atoms with Crippen LogP contribution in [0.2, 0.25) is 10.0 Å². The van der Waals surface area contributed by atoms with E-state index >= 15 is 4.79 Å². The van der Waals surface area contributed by atoms with Crippen LogP contribution in [0.3, 0.4) is 0 Å². The third kappa shape index (κ3) is 13.8. The van der Waals surface area contributed by atoms with Gasteiger partial charge in [-0.15, -0.1) is 0 Å².